The quantitative estimate of drug-likeness (QED) is 0.904. The Labute approximate surface area is 130 Å². The van der Waals surface area contributed by atoms with Gasteiger partial charge < -0.3 is 9.84 Å². The molecule has 0 amide bonds. The van der Waals surface area contributed by atoms with Crippen LogP contribution in [-0.4, -0.2) is 12.2 Å². The molecule has 0 saturated carbocycles. The van der Waals surface area contributed by atoms with Gasteiger partial charge in [-0.1, -0.05) is 41.9 Å². The van der Waals surface area contributed by atoms with Crippen LogP contribution in [0.3, 0.4) is 0 Å². The Balaban J connectivity index is 1.92. The molecule has 0 bridgehead atoms. The van der Waals surface area contributed by atoms with Gasteiger partial charge in [-0.2, -0.15) is 0 Å². The van der Waals surface area contributed by atoms with Crippen LogP contribution in [0.4, 0.5) is 0 Å². The topological polar surface area (TPSA) is 29.5 Å². The molecule has 0 spiro atoms. The van der Waals surface area contributed by atoms with E-state index in [1.165, 1.54) is 11.1 Å². The third kappa shape index (κ3) is 2.78. The summed E-state index contributed by atoms with van der Waals surface area (Å²) in [5, 5.41) is 11.3. The molecule has 0 saturated heterocycles. The van der Waals surface area contributed by atoms with Crippen molar-refractivity contribution in [2.75, 3.05) is 7.11 Å². The molecule has 0 fully saturated rings. The first kappa shape index (κ1) is 14.4. The molecule has 2 atom stereocenters. The summed E-state index contributed by atoms with van der Waals surface area (Å²) in [6, 6.07) is 13.9. The molecule has 1 aliphatic rings. The number of methoxy groups -OCH3 is 1. The van der Waals surface area contributed by atoms with Crippen molar-refractivity contribution in [3.8, 4) is 5.75 Å². The highest BCUT2D eigenvalue weighted by Gasteiger charge is 2.27. The fourth-order valence-corrected chi connectivity index (χ4v) is 3.48. The van der Waals surface area contributed by atoms with Crippen LogP contribution in [0.1, 0.15) is 41.6 Å². The summed E-state index contributed by atoms with van der Waals surface area (Å²) in [5.41, 5.74) is 3.47. The summed E-state index contributed by atoms with van der Waals surface area (Å²) in [7, 11) is 1.59. The monoisotopic (exact) mass is 302 g/mol. The number of benzene rings is 2. The average Bonchev–Trinajstić information content (AvgIpc) is 2.53. The molecular formula is C18H19ClO2. The zero-order valence-corrected chi connectivity index (χ0v) is 12.8. The number of fused-ring (bicyclic) bond motifs is 1. The van der Waals surface area contributed by atoms with Crippen LogP contribution in [0.2, 0.25) is 5.02 Å². The van der Waals surface area contributed by atoms with Gasteiger partial charge in [0.25, 0.3) is 0 Å². The van der Waals surface area contributed by atoms with Crippen molar-refractivity contribution in [2.24, 2.45) is 0 Å². The van der Waals surface area contributed by atoms with E-state index in [4.69, 9.17) is 16.3 Å². The van der Waals surface area contributed by atoms with Crippen molar-refractivity contribution in [3.63, 3.8) is 0 Å². The average molecular weight is 303 g/mol. The van der Waals surface area contributed by atoms with Crippen molar-refractivity contribution < 1.29 is 9.84 Å². The number of aryl methyl sites for hydroxylation is 1. The van der Waals surface area contributed by atoms with Crippen LogP contribution in [0, 0.1) is 0 Å². The molecule has 2 aromatic rings. The predicted octanol–water partition coefficient (Wildman–Crippen LogP) is 4.50. The highest BCUT2D eigenvalue weighted by molar-refractivity contribution is 6.32. The van der Waals surface area contributed by atoms with E-state index in [0.29, 0.717) is 10.8 Å². The summed E-state index contributed by atoms with van der Waals surface area (Å²) >= 11 is 6.18. The van der Waals surface area contributed by atoms with Crippen LogP contribution in [-0.2, 0) is 6.42 Å². The third-order valence-electron chi connectivity index (χ3n) is 4.31. The Morgan fingerprint density at radius 2 is 2.05 bits per heavy atom. The lowest BCUT2D eigenvalue weighted by Crippen LogP contribution is -2.17. The summed E-state index contributed by atoms with van der Waals surface area (Å²) in [6.07, 6.45) is 2.68. The fraction of sp³-hybridized carbons (Fsp3) is 0.333. The Bertz CT molecular complexity index is 639. The highest BCUT2D eigenvalue weighted by atomic mass is 35.5. The van der Waals surface area contributed by atoms with Crippen molar-refractivity contribution >= 4 is 11.6 Å². The van der Waals surface area contributed by atoms with Crippen LogP contribution >= 0.6 is 11.6 Å². The zero-order valence-electron chi connectivity index (χ0n) is 12.1. The molecule has 2 nitrogen and oxygen atoms in total. The molecule has 110 valence electrons. The van der Waals surface area contributed by atoms with Gasteiger partial charge in [0.2, 0.25) is 0 Å². The van der Waals surface area contributed by atoms with Crippen LogP contribution in [0.15, 0.2) is 42.5 Å². The van der Waals surface area contributed by atoms with Crippen molar-refractivity contribution in [1.82, 2.24) is 0 Å². The molecule has 2 aromatic carbocycles. The summed E-state index contributed by atoms with van der Waals surface area (Å²) < 4.78 is 5.17. The standard InChI is InChI=1S/C18H19ClO2/c1-21-17-10-9-13(11-16(17)19)18(20)15-8-4-6-12-5-2-3-7-14(12)15/h2-3,5,7,9-11,15,18,20H,4,6,8H2,1H3. The van der Waals surface area contributed by atoms with Gasteiger partial charge in [0.1, 0.15) is 5.75 Å². The third-order valence-corrected chi connectivity index (χ3v) is 4.61. The maximum Gasteiger partial charge on any atom is 0.137 e. The van der Waals surface area contributed by atoms with Crippen molar-refractivity contribution in [2.45, 2.75) is 31.3 Å². The minimum atomic E-state index is -0.533. The number of ether oxygens (including phenoxy) is 1. The molecule has 1 aliphatic carbocycles. The number of hydrogen-bond donors (Lipinski definition) is 1. The lowest BCUT2D eigenvalue weighted by molar-refractivity contribution is 0.136. The molecule has 3 rings (SSSR count). The molecular weight excluding hydrogens is 284 g/mol. The molecule has 0 heterocycles. The molecule has 0 aromatic heterocycles. The van der Waals surface area contributed by atoms with E-state index < -0.39 is 6.10 Å². The van der Waals surface area contributed by atoms with E-state index in [1.807, 2.05) is 24.3 Å². The highest BCUT2D eigenvalue weighted by Crippen LogP contribution is 2.41. The Morgan fingerprint density at radius 3 is 2.81 bits per heavy atom. The minimum Gasteiger partial charge on any atom is -0.495 e. The Hall–Kier alpha value is -1.51. The Morgan fingerprint density at radius 1 is 1.24 bits per heavy atom. The second-order valence-corrected chi connectivity index (χ2v) is 5.94. The molecule has 0 radical (unpaired) electrons. The number of halogens is 1. The first-order valence-corrected chi connectivity index (χ1v) is 7.68. The van der Waals surface area contributed by atoms with Gasteiger partial charge >= 0.3 is 0 Å². The zero-order chi connectivity index (χ0) is 14.8. The lowest BCUT2D eigenvalue weighted by Gasteiger charge is -2.29. The smallest absolute Gasteiger partial charge is 0.137 e. The van der Waals surface area contributed by atoms with Gasteiger partial charge in [0.15, 0.2) is 0 Å². The largest absolute Gasteiger partial charge is 0.495 e. The normalized spacial score (nSPS) is 18.9. The molecule has 2 unspecified atom stereocenters. The summed E-state index contributed by atoms with van der Waals surface area (Å²) in [5.74, 6) is 0.774. The van der Waals surface area contributed by atoms with E-state index in [2.05, 4.69) is 18.2 Å². The minimum absolute atomic E-state index is 0.138. The van der Waals surface area contributed by atoms with Gasteiger partial charge in [-0.05, 0) is 48.1 Å². The maximum absolute atomic E-state index is 10.8. The first-order valence-electron chi connectivity index (χ1n) is 7.30. The molecule has 3 heteroatoms. The van der Waals surface area contributed by atoms with E-state index in [0.717, 1.165) is 24.8 Å². The van der Waals surface area contributed by atoms with Gasteiger partial charge in [-0.3, -0.25) is 0 Å². The van der Waals surface area contributed by atoms with E-state index >= 15 is 0 Å². The van der Waals surface area contributed by atoms with Crippen LogP contribution in [0.5, 0.6) is 5.75 Å². The lowest BCUT2D eigenvalue weighted by atomic mass is 9.78. The molecule has 21 heavy (non-hydrogen) atoms. The Kier molecular flexibility index (Phi) is 4.18. The van der Waals surface area contributed by atoms with E-state index in [-0.39, 0.29) is 5.92 Å². The van der Waals surface area contributed by atoms with Gasteiger partial charge in [0, 0.05) is 5.92 Å². The van der Waals surface area contributed by atoms with Gasteiger partial charge in [-0.25, -0.2) is 0 Å². The molecule has 1 N–H and O–H groups in total. The van der Waals surface area contributed by atoms with Crippen molar-refractivity contribution in [3.05, 3.63) is 64.2 Å². The predicted molar refractivity (Wildman–Crippen MR) is 85.1 cm³/mol. The summed E-state index contributed by atoms with van der Waals surface area (Å²) in [6.45, 7) is 0. The summed E-state index contributed by atoms with van der Waals surface area (Å²) in [4.78, 5) is 0. The van der Waals surface area contributed by atoms with Gasteiger partial charge in [-0.15, -0.1) is 0 Å². The second-order valence-electron chi connectivity index (χ2n) is 5.54. The number of aliphatic hydroxyl groups excluding tert-OH is 1. The SMILES string of the molecule is COc1ccc(C(O)C2CCCc3ccccc32)cc1Cl. The fourth-order valence-electron chi connectivity index (χ4n) is 3.22. The number of rotatable bonds is 3. The van der Waals surface area contributed by atoms with Gasteiger partial charge in [0.05, 0.1) is 18.2 Å². The maximum atomic E-state index is 10.8. The van der Waals surface area contributed by atoms with E-state index in [1.54, 1.807) is 7.11 Å². The molecule has 0 aliphatic heterocycles. The second kappa shape index (κ2) is 6.08. The van der Waals surface area contributed by atoms with E-state index in [9.17, 15) is 5.11 Å². The van der Waals surface area contributed by atoms with Crippen LogP contribution in [0.25, 0.3) is 0 Å². The number of aliphatic hydroxyl groups is 1. The first-order chi connectivity index (χ1) is 10.2. The van der Waals surface area contributed by atoms with Crippen molar-refractivity contribution in [1.29, 1.82) is 0 Å². The number of hydrogen-bond acceptors (Lipinski definition) is 2. The van der Waals surface area contributed by atoms with Crippen LogP contribution < -0.4 is 4.74 Å².